The summed E-state index contributed by atoms with van der Waals surface area (Å²) in [5.41, 5.74) is 2.20. The Morgan fingerprint density at radius 2 is 1.83 bits per heavy atom. The van der Waals surface area contributed by atoms with Gasteiger partial charge in [-0.3, -0.25) is 14.6 Å². The smallest absolute Gasteiger partial charge is 0.241 e. The highest BCUT2D eigenvalue weighted by Crippen LogP contribution is 2.27. The molecule has 0 unspecified atom stereocenters. The average molecular weight is 410 g/mol. The van der Waals surface area contributed by atoms with Gasteiger partial charge in [0, 0.05) is 43.1 Å². The summed E-state index contributed by atoms with van der Waals surface area (Å²) in [6, 6.07) is 15.9. The Morgan fingerprint density at radius 3 is 2.55 bits per heavy atom. The first-order chi connectivity index (χ1) is 14.1. The monoisotopic (exact) mass is 409 g/mol. The van der Waals surface area contributed by atoms with Gasteiger partial charge in [-0.15, -0.1) is 11.3 Å². The molecule has 1 aromatic heterocycles. The number of hydrogen-bond donors (Lipinski definition) is 1. The molecule has 6 heteroatoms. The number of ether oxygens (including phenoxy) is 1. The molecule has 0 saturated carbocycles. The van der Waals surface area contributed by atoms with Crippen molar-refractivity contribution >= 4 is 33.0 Å². The molecule has 1 aliphatic heterocycles. The first-order valence-corrected chi connectivity index (χ1v) is 10.9. The lowest BCUT2D eigenvalue weighted by molar-refractivity contribution is -0.121. The minimum Gasteiger partial charge on any atom is -0.497 e. The maximum absolute atomic E-state index is 12.7. The number of fused-ring (bicyclic) bond motifs is 1. The Morgan fingerprint density at radius 1 is 1.10 bits per heavy atom. The molecule has 3 aromatic rings. The number of thiophene rings is 1. The highest BCUT2D eigenvalue weighted by Gasteiger charge is 2.26. The van der Waals surface area contributed by atoms with Crippen LogP contribution in [0.2, 0.25) is 0 Å². The highest BCUT2D eigenvalue weighted by molar-refractivity contribution is 7.17. The number of rotatable bonds is 6. The van der Waals surface area contributed by atoms with Gasteiger partial charge in [-0.2, -0.15) is 0 Å². The van der Waals surface area contributed by atoms with E-state index in [0.29, 0.717) is 0 Å². The van der Waals surface area contributed by atoms with E-state index in [1.807, 2.05) is 42.5 Å². The molecule has 5 nitrogen and oxygen atoms in total. The summed E-state index contributed by atoms with van der Waals surface area (Å²) in [7, 11) is 1.64. The van der Waals surface area contributed by atoms with Gasteiger partial charge < -0.3 is 10.1 Å². The van der Waals surface area contributed by atoms with E-state index in [1.54, 1.807) is 7.11 Å². The normalized spacial score (nSPS) is 16.6. The molecule has 1 saturated heterocycles. The second kappa shape index (κ2) is 8.95. The zero-order chi connectivity index (χ0) is 20.2. The zero-order valence-corrected chi connectivity index (χ0v) is 17.7. The standard InChI is InChI=1S/C23H27N3O2S/c1-17(23(27)24-19-7-9-20(28-2)10-8-19)26-13-11-25(12-14-26)15-18-16-29-22-6-4-3-5-21(18)22/h3-10,16-17H,11-15H2,1-2H3,(H,24,27)/t17-/m1/s1. The van der Waals surface area contributed by atoms with E-state index in [9.17, 15) is 4.79 Å². The first kappa shape index (κ1) is 19.9. The molecule has 1 atom stereocenters. The SMILES string of the molecule is COc1ccc(NC(=O)[C@@H](C)N2CCN(Cc3csc4ccccc34)CC2)cc1. The van der Waals surface area contributed by atoms with Gasteiger partial charge in [0.05, 0.1) is 13.2 Å². The van der Waals surface area contributed by atoms with Crippen LogP contribution in [0.15, 0.2) is 53.9 Å². The van der Waals surface area contributed by atoms with Crippen molar-refractivity contribution in [3.63, 3.8) is 0 Å². The van der Waals surface area contributed by atoms with Crippen LogP contribution < -0.4 is 10.1 Å². The minimum absolute atomic E-state index is 0.0347. The fourth-order valence-corrected chi connectivity index (χ4v) is 4.75. The van der Waals surface area contributed by atoms with Crippen molar-refractivity contribution in [2.45, 2.75) is 19.5 Å². The number of benzene rings is 2. The van der Waals surface area contributed by atoms with Gasteiger partial charge in [0.15, 0.2) is 0 Å². The third kappa shape index (κ3) is 4.61. The van der Waals surface area contributed by atoms with E-state index in [1.165, 1.54) is 15.6 Å². The zero-order valence-electron chi connectivity index (χ0n) is 16.9. The van der Waals surface area contributed by atoms with E-state index in [0.717, 1.165) is 44.2 Å². The summed E-state index contributed by atoms with van der Waals surface area (Å²) in [4.78, 5) is 17.4. The van der Waals surface area contributed by atoms with E-state index in [2.05, 4.69) is 44.8 Å². The number of nitrogens with one attached hydrogen (secondary N) is 1. The van der Waals surface area contributed by atoms with Gasteiger partial charge >= 0.3 is 0 Å². The number of anilines is 1. The van der Waals surface area contributed by atoms with Gasteiger partial charge in [-0.1, -0.05) is 18.2 Å². The Bertz CT molecular complexity index is 962. The second-order valence-corrected chi connectivity index (χ2v) is 8.37. The quantitative estimate of drug-likeness (QED) is 0.667. The molecular weight excluding hydrogens is 382 g/mol. The number of carbonyl (C=O) groups excluding carboxylic acids is 1. The molecule has 1 N–H and O–H groups in total. The van der Waals surface area contributed by atoms with Crippen LogP contribution >= 0.6 is 11.3 Å². The molecule has 0 radical (unpaired) electrons. The van der Waals surface area contributed by atoms with Crippen LogP contribution in [0.4, 0.5) is 5.69 Å². The van der Waals surface area contributed by atoms with Crippen molar-refractivity contribution in [3.8, 4) is 5.75 Å². The lowest BCUT2D eigenvalue weighted by atomic mass is 10.1. The van der Waals surface area contributed by atoms with Crippen molar-refractivity contribution in [2.24, 2.45) is 0 Å². The maximum atomic E-state index is 12.7. The number of methoxy groups -OCH3 is 1. The molecule has 0 bridgehead atoms. The predicted molar refractivity (Wildman–Crippen MR) is 120 cm³/mol. The average Bonchev–Trinajstić information content (AvgIpc) is 3.17. The molecule has 29 heavy (non-hydrogen) atoms. The van der Waals surface area contributed by atoms with Gasteiger partial charge in [-0.25, -0.2) is 0 Å². The summed E-state index contributed by atoms with van der Waals surface area (Å²) in [5.74, 6) is 0.818. The lowest BCUT2D eigenvalue weighted by Gasteiger charge is -2.37. The fourth-order valence-electron chi connectivity index (χ4n) is 3.79. The number of piperazine rings is 1. The number of amides is 1. The molecule has 1 fully saturated rings. The van der Waals surface area contributed by atoms with Crippen molar-refractivity contribution in [2.75, 3.05) is 38.6 Å². The number of nitrogens with zero attached hydrogens (tertiary/aromatic N) is 2. The van der Waals surface area contributed by atoms with E-state index in [4.69, 9.17) is 4.74 Å². The molecule has 2 aromatic carbocycles. The summed E-state index contributed by atoms with van der Waals surface area (Å²) in [5, 5.41) is 6.66. The lowest BCUT2D eigenvalue weighted by Crippen LogP contribution is -2.52. The topological polar surface area (TPSA) is 44.8 Å². The van der Waals surface area contributed by atoms with Crippen LogP contribution in [-0.4, -0.2) is 55.0 Å². The molecular formula is C23H27N3O2S. The Kier molecular flexibility index (Phi) is 6.13. The van der Waals surface area contributed by atoms with Gasteiger partial charge in [0.2, 0.25) is 5.91 Å². The highest BCUT2D eigenvalue weighted by atomic mass is 32.1. The third-order valence-corrected chi connectivity index (χ3v) is 6.66. The van der Waals surface area contributed by atoms with Crippen LogP contribution in [0.3, 0.4) is 0 Å². The maximum Gasteiger partial charge on any atom is 0.241 e. The predicted octanol–water partition coefficient (Wildman–Crippen LogP) is 4.05. The molecule has 1 aliphatic rings. The first-order valence-electron chi connectivity index (χ1n) is 10.0. The van der Waals surface area contributed by atoms with Gasteiger partial charge in [0.1, 0.15) is 5.75 Å². The van der Waals surface area contributed by atoms with Crippen molar-refractivity contribution in [3.05, 3.63) is 59.5 Å². The Balaban J connectivity index is 1.29. The Hall–Kier alpha value is -2.41. The summed E-state index contributed by atoms with van der Waals surface area (Å²) in [6.45, 7) is 6.72. The summed E-state index contributed by atoms with van der Waals surface area (Å²) >= 11 is 1.82. The molecule has 0 aliphatic carbocycles. The van der Waals surface area contributed by atoms with Crippen LogP contribution in [0.5, 0.6) is 5.75 Å². The van der Waals surface area contributed by atoms with Crippen molar-refractivity contribution in [1.82, 2.24) is 9.80 Å². The fraction of sp³-hybridized carbons (Fsp3) is 0.348. The molecule has 2 heterocycles. The summed E-state index contributed by atoms with van der Waals surface area (Å²) in [6.07, 6.45) is 0. The van der Waals surface area contributed by atoms with Crippen LogP contribution in [0.25, 0.3) is 10.1 Å². The molecule has 0 spiro atoms. The Labute approximate surface area is 175 Å². The molecule has 4 rings (SSSR count). The van der Waals surface area contributed by atoms with Crippen LogP contribution in [-0.2, 0) is 11.3 Å². The van der Waals surface area contributed by atoms with Gasteiger partial charge in [-0.05, 0) is 53.6 Å². The molecule has 1 amide bonds. The number of hydrogen-bond acceptors (Lipinski definition) is 5. The van der Waals surface area contributed by atoms with E-state index >= 15 is 0 Å². The van der Waals surface area contributed by atoms with Crippen molar-refractivity contribution in [1.29, 1.82) is 0 Å². The van der Waals surface area contributed by atoms with Gasteiger partial charge in [0.25, 0.3) is 0 Å². The van der Waals surface area contributed by atoms with Crippen LogP contribution in [0, 0.1) is 0 Å². The summed E-state index contributed by atoms with van der Waals surface area (Å²) < 4.78 is 6.51. The van der Waals surface area contributed by atoms with Crippen LogP contribution in [0.1, 0.15) is 12.5 Å². The molecule has 152 valence electrons. The van der Waals surface area contributed by atoms with Crippen molar-refractivity contribution < 1.29 is 9.53 Å². The number of carbonyl (C=O) groups is 1. The third-order valence-electron chi connectivity index (χ3n) is 5.65. The minimum atomic E-state index is -0.152. The van der Waals surface area contributed by atoms with E-state index < -0.39 is 0 Å². The second-order valence-electron chi connectivity index (χ2n) is 7.46. The largest absolute Gasteiger partial charge is 0.497 e. The van der Waals surface area contributed by atoms with E-state index in [-0.39, 0.29) is 11.9 Å².